The van der Waals surface area contributed by atoms with E-state index in [2.05, 4.69) is 32.1 Å². The van der Waals surface area contributed by atoms with Crippen molar-refractivity contribution in [1.82, 2.24) is 20.1 Å². The number of hydrogen-bond donors (Lipinski definition) is 3. The number of urea groups is 1. The topological polar surface area (TPSA) is 117 Å². The molecule has 3 aromatic rings. The Bertz CT molecular complexity index is 967. The average Bonchev–Trinajstić information content (AvgIpc) is 3.25. The molecular weight excluding hydrogens is 370 g/mol. The van der Waals surface area contributed by atoms with E-state index in [4.69, 9.17) is 10.00 Å². The van der Waals surface area contributed by atoms with Crippen LogP contribution in [0.25, 0.3) is 0 Å². The van der Waals surface area contributed by atoms with Crippen molar-refractivity contribution in [1.29, 1.82) is 5.26 Å². The predicted molar refractivity (Wildman–Crippen MR) is 109 cm³/mol. The lowest BCUT2D eigenvalue weighted by Gasteiger charge is -2.11. The molecule has 29 heavy (non-hydrogen) atoms. The summed E-state index contributed by atoms with van der Waals surface area (Å²) in [6, 6.07) is 14.2. The number of nitrogens with zero attached hydrogens (tertiary/aromatic N) is 4. The number of carbonyl (C=O) groups excluding carboxylic acids is 1. The van der Waals surface area contributed by atoms with Crippen LogP contribution in [0, 0.1) is 11.3 Å². The Morgan fingerprint density at radius 3 is 2.93 bits per heavy atom. The van der Waals surface area contributed by atoms with Gasteiger partial charge in [0.25, 0.3) is 0 Å². The van der Waals surface area contributed by atoms with Crippen LogP contribution in [0.15, 0.2) is 61.1 Å². The van der Waals surface area contributed by atoms with Gasteiger partial charge in [-0.1, -0.05) is 6.07 Å². The molecule has 0 bridgehead atoms. The van der Waals surface area contributed by atoms with Gasteiger partial charge in [-0.25, -0.2) is 9.78 Å². The molecule has 3 rings (SSSR count). The van der Waals surface area contributed by atoms with E-state index in [0.717, 1.165) is 0 Å². The van der Waals surface area contributed by atoms with E-state index >= 15 is 0 Å². The molecule has 0 fully saturated rings. The van der Waals surface area contributed by atoms with Gasteiger partial charge in [-0.2, -0.15) is 10.4 Å². The molecule has 3 N–H and O–H groups in total. The molecule has 0 aliphatic carbocycles. The van der Waals surface area contributed by atoms with Crippen molar-refractivity contribution < 1.29 is 9.53 Å². The number of rotatable bonds is 9. The van der Waals surface area contributed by atoms with E-state index in [9.17, 15) is 4.79 Å². The van der Waals surface area contributed by atoms with Crippen LogP contribution < -0.4 is 20.7 Å². The number of amides is 2. The summed E-state index contributed by atoms with van der Waals surface area (Å²) in [4.78, 5) is 16.2. The zero-order valence-electron chi connectivity index (χ0n) is 15.7. The summed E-state index contributed by atoms with van der Waals surface area (Å²) in [5.74, 6) is 1.16. The van der Waals surface area contributed by atoms with Gasteiger partial charge in [0.1, 0.15) is 24.2 Å². The number of benzene rings is 1. The monoisotopic (exact) mass is 391 g/mol. The summed E-state index contributed by atoms with van der Waals surface area (Å²) >= 11 is 0. The summed E-state index contributed by atoms with van der Waals surface area (Å²) in [6.45, 7) is 1.92. The quantitative estimate of drug-likeness (QED) is 0.483. The second-order valence-corrected chi connectivity index (χ2v) is 5.96. The van der Waals surface area contributed by atoms with Crippen LogP contribution in [0.4, 0.5) is 16.3 Å². The molecule has 2 heterocycles. The minimum atomic E-state index is -0.331. The van der Waals surface area contributed by atoms with Crippen LogP contribution in [0.3, 0.4) is 0 Å². The van der Waals surface area contributed by atoms with Crippen molar-refractivity contribution in [2.24, 2.45) is 0 Å². The Hall–Kier alpha value is -4.06. The van der Waals surface area contributed by atoms with Crippen LogP contribution in [-0.4, -0.2) is 40.5 Å². The number of hydrogen-bond acceptors (Lipinski definition) is 6. The first-order chi connectivity index (χ1) is 14.2. The standard InChI is InChI=1S/C20H21N7O2/c21-15-16-4-2-7-22-19(16)23-9-10-24-20(28)26-17-5-1-6-18(14-17)29-13-12-27-11-3-8-25-27/h1-8,11,14H,9-10,12-13H2,(H,22,23)(H2,24,26,28). The molecule has 0 unspecified atom stereocenters. The van der Waals surface area contributed by atoms with Crippen molar-refractivity contribution in [3.63, 3.8) is 0 Å². The normalized spacial score (nSPS) is 10.0. The highest BCUT2D eigenvalue weighted by molar-refractivity contribution is 5.89. The number of ether oxygens (including phenoxy) is 1. The molecule has 9 heteroatoms. The van der Waals surface area contributed by atoms with Gasteiger partial charge in [0, 0.05) is 43.4 Å². The van der Waals surface area contributed by atoms with Gasteiger partial charge in [-0.3, -0.25) is 4.68 Å². The van der Waals surface area contributed by atoms with Gasteiger partial charge in [0.15, 0.2) is 0 Å². The first-order valence-corrected chi connectivity index (χ1v) is 9.09. The van der Waals surface area contributed by atoms with Crippen LogP contribution in [-0.2, 0) is 6.54 Å². The van der Waals surface area contributed by atoms with Gasteiger partial charge < -0.3 is 20.7 Å². The number of aromatic nitrogens is 3. The van der Waals surface area contributed by atoms with E-state index in [-0.39, 0.29) is 6.03 Å². The maximum Gasteiger partial charge on any atom is 0.319 e. The van der Waals surface area contributed by atoms with Crippen molar-refractivity contribution in [2.75, 3.05) is 30.3 Å². The Labute approximate surface area is 168 Å². The molecule has 1 aromatic carbocycles. The van der Waals surface area contributed by atoms with Crippen LogP contribution in [0.2, 0.25) is 0 Å². The molecule has 0 saturated carbocycles. The molecule has 148 valence electrons. The zero-order chi connectivity index (χ0) is 20.3. The summed E-state index contributed by atoms with van der Waals surface area (Å²) in [5, 5.41) is 21.7. The zero-order valence-corrected chi connectivity index (χ0v) is 15.7. The molecular formula is C20H21N7O2. The van der Waals surface area contributed by atoms with Crippen LogP contribution in [0.5, 0.6) is 5.75 Å². The Morgan fingerprint density at radius 1 is 1.17 bits per heavy atom. The number of pyridine rings is 1. The summed E-state index contributed by atoms with van der Waals surface area (Å²) in [6.07, 6.45) is 5.19. The molecule has 2 amide bonds. The third kappa shape index (κ3) is 6.25. The van der Waals surface area contributed by atoms with Crippen molar-refractivity contribution in [3.8, 4) is 11.8 Å². The SMILES string of the molecule is N#Cc1cccnc1NCCNC(=O)Nc1cccc(OCCn2cccn2)c1. The number of carbonyl (C=O) groups is 1. The minimum Gasteiger partial charge on any atom is -0.492 e. The van der Waals surface area contributed by atoms with Gasteiger partial charge in [0.2, 0.25) is 0 Å². The maximum absolute atomic E-state index is 12.1. The van der Waals surface area contributed by atoms with Gasteiger partial charge in [-0.05, 0) is 30.3 Å². The van der Waals surface area contributed by atoms with Crippen molar-refractivity contribution in [2.45, 2.75) is 6.54 Å². The van der Waals surface area contributed by atoms with Crippen LogP contribution >= 0.6 is 0 Å². The first kappa shape index (κ1) is 19.7. The number of anilines is 2. The average molecular weight is 391 g/mol. The predicted octanol–water partition coefficient (Wildman–Crippen LogP) is 2.46. The van der Waals surface area contributed by atoms with Crippen LogP contribution in [0.1, 0.15) is 5.56 Å². The maximum atomic E-state index is 12.1. The summed E-state index contributed by atoms with van der Waals surface area (Å²) in [7, 11) is 0. The summed E-state index contributed by atoms with van der Waals surface area (Å²) < 4.78 is 7.48. The molecule has 0 radical (unpaired) electrons. The largest absolute Gasteiger partial charge is 0.492 e. The highest BCUT2D eigenvalue weighted by Crippen LogP contribution is 2.17. The second-order valence-electron chi connectivity index (χ2n) is 5.96. The molecule has 0 spiro atoms. The van der Waals surface area contributed by atoms with Gasteiger partial charge in [-0.15, -0.1) is 0 Å². The van der Waals surface area contributed by atoms with Crippen molar-refractivity contribution >= 4 is 17.5 Å². The lowest BCUT2D eigenvalue weighted by Crippen LogP contribution is -2.32. The highest BCUT2D eigenvalue weighted by Gasteiger charge is 2.04. The lowest BCUT2D eigenvalue weighted by atomic mass is 10.3. The third-order valence-electron chi connectivity index (χ3n) is 3.87. The number of nitrogens with one attached hydrogen (secondary N) is 3. The fraction of sp³-hybridized carbons (Fsp3) is 0.200. The minimum absolute atomic E-state index is 0.331. The number of nitriles is 1. The summed E-state index contributed by atoms with van der Waals surface area (Å²) in [5.41, 5.74) is 1.09. The molecule has 2 aromatic heterocycles. The third-order valence-corrected chi connectivity index (χ3v) is 3.87. The van der Waals surface area contributed by atoms with E-state index in [1.54, 1.807) is 41.3 Å². The first-order valence-electron chi connectivity index (χ1n) is 9.09. The van der Waals surface area contributed by atoms with Gasteiger partial charge in [0.05, 0.1) is 12.1 Å². The van der Waals surface area contributed by atoms with Crippen molar-refractivity contribution in [3.05, 3.63) is 66.6 Å². The highest BCUT2D eigenvalue weighted by atomic mass is 16.5. The molecule has 9 nitrogen and oxygen atoms in total. The molecule has 0 aliphatic heterocycles. The van der Waals surface area contributed by atoms with E-state index < -0.39 is 0 Å². The van der Waals surface area contributed by atoms with E-state index in [1.165, 1.54) is 0 Å². The second kappa shape index (κ2) is 10.3. The van der Waals surface area contributed by atoms with Gasteiger partial charge >= 0.3 is 6.03 Å². The Morgan fingerprint density at radius 2 is 2.10 bits per heavy atom. The smallest absolute Gasteiger partial charge is 0.319 e. The Kier molecular flexibility index (Phi) is 7.01. The molecule has 0 atom stereocenters. The fourth-order valence-electron chi connectivity index (χ4n) is 2.52. The lowest BCUT2D eigenvalue weighted by molar-refractivity contribution is 0.252. The van der Waals surface area contributed by atoms with E-state index in [1.807, 2.05) is 24.4 Å². The molecule has 0 saturated heterocycles. The molecule has 0 aliphatic rings. The fourth-order valence-corrected chi connectivity index (χ4v) is 2.52. The van der Waals surface area contributed by atoms with E-state index in [0.29, 0.717) is 49.1 Å². The Balaban J connectivity index is 1.39.